The molecule has 1 aromatic carbocycles. The van der Waals surface area contributed by atoms with Crippen LogP contribution < -0.4 is 11.1 Å². The van der Waals surface area contributed by atoms with Gasteiger partial charge in [-0.05, 0) is 24.3 Å². The largest absolute Gasteiger partial charge is 0.508 e. The number of nitrogen functional groups attached to an aromatic ring is 1. The van der Waals surface area contributed by atoms with E-state index in [9.17, 15) is 4.79 Å². The van der Waals surface area contributed by atoms with Crippen LogP contribution in [0.4, 0.5) is 11.5 Å². The fourth-order valence-corrected chi connectivity index (χ4v) is 1.37. The zero-order chi connectivity index (χ0) is 12.4. The average molecular weight is 232 g/mol. The van der Waals surface area contributed by atoms with Crippen molar-refractivity contribution in [1.82, 2.24) is 9.78 Å². The highest BCUT2D eigenvalue weighted by atomic mass is 16.3. The lowest BCUT2D eigenvalue weighted by Crippen LogP contribution is -2.13. The van der Waals surface area contributed by atoms with E-state index in [1.165, 1.54) is 23.0 Å². The number of nitrogens with zero attached hydrogens (tertiary/aromatic N) is 2. The minimum Gasteiger partial charge on any atom is -0.508 e. The lowest BCUT2D eigenvalue weighted by molar-refractivity contribution is 0.102. The minimum atomic E-state index is -0.332. The number of carbonyl (C=O) groups is 1. The van der Waals surface area contributed by atoms with Gasteiger partial charge in [0.1, 0.15) is 17.1 Å². The Morgan fingerprint density at radius 2 is 2.06 bits per heavy atom. The number of hydrogen-bond donors (Lipinski definition) is 3. The van der Waals surface area contributed by atoms with Gasteiger partial charge < -0.3 is 16.2 Å². The average Bonchev–Trinajstić information content (AvgIpc) is 2.63. The molecule has 88 valence electrons. The molecule has 1 aromatic heterocycles. The number of aromatic nitrogens is 2. The van der Waals surface area contributed by atoms with Crippen LogP contribution in [0.15, 0.2) is 30.5 Å². The Morgan fingerprint density at radius 3 is 2.59 bits per heavy atom. The molecule has 17 heavy (non-hydrogen) atoms. The Morgan fingerprint density at radius 1 is 1.41 bits per heavy atom. The third-order valence-corrected chi connectivity index (χ3v) is 2.35. The predicted octanol–water partition coefficient (Wildman–Crippen LogP) is 0.960. The van der Waals surface area contributed by atoms with Gasteiger partial charge in [-0.25, -0.2) is 0 Å². The van der Waals surface area contributed by atoms with E-state index in [1.54, 1.807) is 19.2 Å². The number of anilines is 2. The van der Waals surface area contributed by atoms with Gasteiger partial charge in [0, 0.05) is 12.7 Å². The summed E-state index contributed by atoms with van der Waals surface area (Å²) < 4.78 is 1.42. The van der Waals surface area contributed by atoms with Crippen molar-refractivity contribution in [2.75, 3.05) is 11.1 Å². The molecular formula is C11H12N4O2. The molecule has 2 rings (SSSR count). The van der Waals surface area contributed by atoms with E-state index in [4.69, 9.17) is 10.8 Å². The molecule has 0 atom stereocenters. The van der Waals surface area contributed by atoms with Gasteiger partial charge in [-0.1, -0.05) is 0 Å². The van der Waals surface area contributed by atoms with Gasteiger partial charge in [0.25, 0.3) is 5.91 Å². The van der Waals surface area contributed by atoms with Crippen LogP contribution >= 0.6 is 0 Å². The van der Waals surface area contributed by atoms with Gasteiger partial charge in [-0.2, -0.15) is 5.10 Å². The lowest BCUT2D eigenvalue weighted by Gasteiger charge is -2.04. The summed E-state index contributed by atoms with van der Waals surface area (Å²) in [4.78, 5) is 11.8. The van der Waals surface area contributed by atoms with Crippen LogP contribution in [0.2, 0.25) is 0 Å². The number of nitrogens with one attached hydrogen (secondary N) is 1. The molecule has 0 saturated carbocycles. The van der Waals surface area contributed by atoms with E-state index in [0.29, 0.717) is 17.1 Å². The van der Waals surface area contributed by atoms with Gasteiger partial charge in [-0.3, -0.25) is 9.48 Å². The molecule has 6 heteroatoms. The maximum absolute atomic E-state index is 11.8. The van der Waals surface area contributed by atoms with E-state index < -0.39 is 0 Å². The van der Waals surface area contributed by atoms with Crippen LogP contribution in [0.1, 0.15) is 10.4 Å². The van der Waals surface area contributed by atoms with Crippen LogP contribution in [-0.4, -0.2) is 20.8 Å². The van der Waals surface area contributed by atoms with Crippen LogP contribution in [0.5, 0.6) is 5.75 Å². The number of hydrogen-bond acceptors (Lipinski definition) is 4. The smallest absolute Gasteiger partial charge is 0.261 e. The quantitative estimate of drug-likeness (QED) is 0.672. The van der Waals surface area contributed by atoms with Crippen molar-refractivity contribution in [3.05, 3.63) is 36.0 Å². The molecule has 0 spiro atoms. The summed E-state index contributed by atoms with van der Waals surface area (Å²) in [5.41, 5.74) is 6.58. The van der Waals surface area contributed by atoms with E-state index >= 15 is 0 Å². The van der Waals surface area contributed by atoms with Crippen LogP contribution in [0.25, 0.3) is 0 Å². The molecule has 0 fully saturated rings. The molecule has 0 aliphatic rings. The summed E-state index contributed by atoms with van der Waals surface area (Å²) in [7, 11) is 1.66. The fourth-order valence-electron chi connectivity index (χ4n) is 1.37. The molecule has 4 N–H and O–H groups in total. The molecule has 6 nitrogen and oxygen atoms in total. The second-order valence-electron chi connectivity index (χ2n) is 3.57. The zero-order valence-corrected chi connectivity index (χ0v) is 9.21. The van der Waals surface area contributed by atoms with Gasteiger partial charge in [-0.15, -0.1) is 0 Å². The maximum Gasteiger partial charge on any atom is 0.261 e. The molecule has 1 heterocycles. The van der Waals surface area contributed by atoms with E-state index in [1.807, 2.05) is 0 Å². The van der Waals surface area contributed by atoms with Crippen LogP contribution in [0, 0.1) is 0 Å². The molecule has 0 unspecified atom stereocenters. The molecule has 0 aliphatic heterocycles. The van der Waals surface area contributed by atoms with Gasteiger partial charge in [0.05, 0.1) is 6.20 Å². The predicted molar refractivity (Wildman–Crippen MR) is 63.7 cm³/mol. The zero-order valence-electron chi connectivity index (χ0n) is 9.21. The number of carbonyl (C=O) groups excluding carboxylic acids is 1. The van der Waals surface area contributed by atoms with E-state index in [-0.39, 0.29) is 11.7 Å². The lowest BCUT2D eigenvalue weighted by atomic mass is 10.2. The Kier molecular flexibility index (Phi) is 2.70. The summed E-state index contributed by atoms with van der Waals surface area (Å²) in [6.45, 7) is 0. The van der Waals surface area contributed by atoms with Gasteiger partial charge in [0.15, 0.2) is 0 Å². The second kappa shape index (κ2) is 4.17. The number of rotatable bonds is 2. The molecule has 1 amide bonds. The SMILES string of the molecule is Cn1ncc(C(=O)Nc2ccc(O)cc2)c1N. The van der Waals surface area contributed by atoms with Crippen molar-refractivity contribution in [3.8, 4) is 5.75 Å². The van der Waals surface area contributed by atoms with Gasteiger partial charge >= 0.3 is 0 Å². The van der Waals surface area contributed by atoms with Crippen molar-refractivity contribution in [2.45, 2.75) is 0 Å². The molecular weight excluding hydrogens is 220 g/mol. The van der Waals surface area contributed by atoms with Crippen molar-refractivity contribution in [1.29, 1.82) is 0 Å². The highest BCUT2D eigenvalue weighted by Gasteiger charge is 2.13. The number of aryl methyl sites for hydroxylation is 1. The summed E-state index contributed by atoms with van der Waals surface area (Å²) in [5.74, 6) is 0.117. The molecule has 2 aromatic rings. The summed E-state index contributed by atoms with van der Waals surface area (Å²) >= 11 is 0. The maximum atomic E-state index is 11.8. The number of phenols is 1. The summed E-state index contributed by atoms with van der Waals surface area (Å²) in [5, 5.41) is 15.6. The molecule has 0 bridgehead atoms. The topological polar surface area (TPSA) is 93.2 Å². The van der Waals surface area contributed by atoms with Crippen LogP contribution in [0.3, 0.4) is 0 Å². The minimum absolute atomic E-state index is 0.142. The first-order valence-electron chi connectivity index (χ1n) is 4.96. The van der Waals surface area contributed by atoms with Crippen molar-refractivity contribution in [2.24, 2.45) is 7.05 Å². The Labute approximate surface area is 97.7 Å². The second-order valence-corrected chi connectivity index (χ2v) is 3.57. The molecule has 0 radical (unpaired) electrons. The normalized spacial score (nSPS) is 10.2. The summed E-state index contributed by atoms with van der Waals surface area (Å²) in [6.07, 6.45) is 1.41. The van der Waals surface area contributed by atoms with Gasteiger partial charge in [0.2, 0.25) is 0 Å². The number of aromatic hydroxyl groups is 1. The van der Waals surface area contributed by atoms with Crippen molar-refractivity contribution >= 4 is 17.4 Å². The highest BCUT2D eigenvalue weighted by molar-refractivity contribution is 6.07. The molecule has 0 saturated heterocycles. The van der Waals surface area contributed by atoms with Crippen LogP contribution in [-0.2, 0) is 7.05 Å². The number of phenolic OH excluding ortho intramolecular Hbond substituents is 1. The van der Waals surface area contributed by atoms with Crippen molar-refractivity contribution < 1.29 is 9.90 Å². The Hall–Kier alpha value is -2.50. The fraction of sp³-hybridized carbons (Fsp3) is 0.0909. The number of benzene rings is 1. The number of amides is 1. The highest BCUT2D eigenvalue weighted by Crippen LogP contribution is 2.16. The van der Waals surface area contributed by atoms with E-state index in [0.717, 1.165) is 0 Å². The standard InChI is InChI=1S/C11H12N4O2/c1-15-10(12)9(6-13-15)11(17)14-7-2-4-8(16)5-3-7/h2-6,16H,12H2,1H3,(H,14,17). The van der Waals surface area contributed by atoms with Crippen molar-refractivity contribution in [3.63, 3.8) is 0 Å². The summed E-state index contributed by atoms with van der Waals surface area (Å²) in [6, 6.07) is 6.17. The Balaban J connectivity index is 2.17. The number of nitrogens with two attached hydrogens (primary N) is 1. The first-order chi connectivity index (χ1) is 8.08. The first-order valence-corrected chi connectivity index (χ1v) is 4.96. The monoisotopic (exact) mass is 232 g/mol. The van der Waals surface area contributed by atoms with E-state index in [2.05, 4.69) is 10.4 Å². The third kappa shape index (κ3) is 2.20. The third-order valence-electron chi connectivity index (χ3n) is 2.35. The molecule has 0 aliphatic carbocycles. The first kappa shape index (κ1) is 11.0. The Bertz CT molecular complexity index is 545.